The lowest BCUT2D eigenvalue weighted by molar-refractivity contribution is -0.137. The van der Waals surface area contributed by atoms with Gasteiger partial charge < -0.3 is 21.3 Å². The van der Waals surface area contributed by atoms with E-state index in [1.165, 1.54) is 13.0 Å². The third kappa shape index (κ3) is 4.62. The molecule has 0 spiro atoms. The van der Waals surface area contributed by atoms with Gasteiger partial charge in [0.2, 0.25) is 11.9 Å². The van der Waals surface area contributed by atoms with Crippen LogP contribution in [0, 0.1) is 0 Å². The minimum atomic E-state index is -4.52. The van der Waals surface area contributed by atoms with Crippen LogP contribution in [0.1, 0.15) is 18.9 Å². The lowest BCUT2D eigenvalue weighted by atomic mass is 10.1. The minimum Gasteiger partial charge on any atom is -0.399 e. The number of alkyl halides is 3. The van der Waals surface area contributed by atoms with Gasteiger partial charge in [-0.25, -0.2) is 4.98 Å². The molecule has 4 N–H and O–H groups in total. The average Bonchev–Trinajstić information content (AvgIpc) is 3.14. The maximum absolute atomic E-state index is 13.1. The molecular weight excluding hydrogens is 409 g/mol. The molecule has 31 heavy (non-hydrogen) atoms. The zero-order valence-electron chi connectivity index (χ0n) is 16.7. The zero-order chi connectivity index (χ0) is 22.2. The fourth-order valence-electron chi connectivity index (χ4n) is 3.73. The minimum absolute atomic E-state index is 0.00547. The SMILES string of the molecule is CC(=O)N[C@H]1CCN(c2nc(Nc3cc(N)cc(C(F)(F)F)c3)nc3ccccc23)C1. The van der Waals surface area contributed by atoms with Gasteiger partial charge >= 0.3 is 6.18 Å². The lowest BCUT2D eigenvalue weighted by Crippen LogP contribution is -2.35. The van der Waals surface area contributed by atoms with Gasteiger partial charge in [-0.2, -0.15) is 18.2 Å². The summed E-state index contributed by atoms with van der Waals surface area (Å²) in [5.41, 5.74) is 5.59. The third-order valence-electron chi connectivity index (χ3n) is 5.02. The van der Waals surface area contributed by atoms with E-state index in [0.29, 0.717) is 24.4 Å². The molecule has 0 saturated carbocycles. The molecule has 3 aromatic rings. The van der Waals surface area contributed by atoms with Crippen molar-refractivity contribution in [3.8, 4) is 0 Å². The topological polar surface area (TPSA) is 96.2 Å². The molecule has 1 atom stereocenters. The van der Waals surface area contributed by atoms with Crippen molar-refractivity contribution in [2.45, 2.75) is 25.6 Å². The number of nitrogens with one attached hydrogen (secondary N) is 2. The number of nitrogens with two attached hydrogens (primary N) is 1. The van der Waals surface area contributed by atoms with Crippen LogP contribution >= 0.6 is 0 Å². The van der Waals surface area contributed by atoms with Gasteiger partial charge in [0.05, 0.1) is 11.1 Å². The maximum atomic E-state index is 13.1. The first-order valence-corrected chi connectivity index (χ1v) is 9.72. The Labute approximate surface area is 176 Å². The van der Waals surface area contributed by atoms with Gasteiger partial charge in [-0.15, -0.1) is 0 Å². The fraction of sp³-hybridized carbons (Fsp3) is 0.286. The molecule has 1 amide bonds. The molecule has 1 fully saturated rings. The van der Waals surface area contributed by atoms with Crippen LogP contribution in [0.25, 0.3) is 10.9 Å². The summed E-state index contributed by atoms with van der Waals surface area (Å²) in [5.74, 6) is 0.722. The van der Waals surface area contributed by atoms with Crippen LogP contribution < -0.4 is 21.3 Å². The second kappa shape index (κ2) is 7.93. The molecule has 162 valence electrons. The van der Waals surface area contributed by atoms with Crippen molar-refractivity contribution in [1.82, 2.24) is 15.3 Å². The van der Waals surface area contributed by atoms with Crippen molar-refractivity contribution in [2.24, 2.45) is 0 Å². The Morgan fingerprint density at radius 3 is 2.71 bits per heavy atom. The Hall–Kier alpha value is -3.56. The van der Waals surface area contributed by atoms with E-state index in [-0.39, 0.29) is 29.3 Å². The number of amides is 1. The summed E-state index contributed by atoms with van der Waals surface area (Å²) in [7, 11) is 0. The van der Waals surface area contributed by atoms with Crippen molar-refractivity contribution in [1.29, 1.82) is 0 Å². The van der Waals surface area contributed by atoms with E-state index in [1.807, 2.05) is 29.2 Å². The van der Waals surface area contributed by atoms with Crippen LogP contribution in [0.2, 0.25) is 0 Å². The van der Waals surface area contributed by atoms with Gasteiger partial charge in [0.15, 0.2) is 0 Å². The average molecular weight is 430 g/mol. The Morgan fingerprint density at radius 2 is 1.97 bits per heavy atom. The highest BCUT2D eigenvalue weighted by Crippen LogP contribution is 2.34. The molecular formula is C21H21F3N6O. The number of carbonyl (C=O) groups is 1. The monoisotopic (exact) mass is 430 g/mol. The van der Waals surface area contributed by atoms with Crippen LogP contribution in [0.3, 0.4) is 0 Å². The van der Waals surface area contributed by atoms with Crippen LogP contribution in [0.5, 0.6) is 0 Å². The predicted molar refractivity (Wildman–Crippen MR) is 113 cm³/mol. The van der Waals surface area contributed by atoms with Crippen LogP contribution in [-0.2, 0) is 11.0 Å². The molecule has 1 aliphatic rings. The van der Waals surface area contributed by atoms with Gasteiger partial charge in [0.1, 0.15) is 5.82 Å². The zero-order valence-corrected chi connectivity index (χ0v) is 16.7. The number of hydrogen-bond donors (Lipinski definition) is 3. The quantitative estimate of drug-likeness (QED) is 0.547. The molecule has 1 aromatic heterocycles. The van der Waals surface area contributed by atoms with E-state index in [9.17, 15) is 18.0 Å². The van der Waals surface area contributed by atoms with E-state index >= 15 is 0 Å². The standard InChI is InChI=1S/C21H21F3N6O/c1-12(31)26-15-6-7-30(11-15)19-17-4-2-3-5-18(17)28-20(29-19)27-16-9-13(21(22,23)24)8-14(25)10-16/h2-5,8-10,15H,6-7,11,25H2,1H3,(H,26,31)(H,27,28,29)/t15-/m0/s1. The number of aromatic nitrogens is 2. The van der Waals surface area contributed by atoms with Gasteiger partial charge in [0.25, 0.3) is 0 Å². The number of para-hydroxylation sites is 1. The molecule has 0 radical (unpaired) electrons. The van der Waals surface area contributed by atoms with E-state index in [4.69, 9.17) is 5.73 Å². The van der Waals surface area contributed by atoms with Crippen molar-refractivity contribution in [3.63, 3.8) is 0 Å². The Morgan fingerprint density at radius 1 is 1.19 bits per heavy atom. The number of fused-ring (bicyclic) bond motifs is 1. The molecule has 1 saturated heterocycles. The number of anilines is 4. The Kier molecular flexibility index (Phi) is 5.30. The van der Waals surface area contributed by atoms with Gasteiger partial charge in [-0.3, -0.25) is 4.79 Å². The summed E-state index contributed by atoms with van der Waals surface area (Å²) in [4.78, 5) is 22.5. The number of halogens is 3. The van der Waals surface area contributed by atoms with Gasteiger partial charge in [-0.1, -0.05) is 12.1 Å². The highest BCUT2D eigenvalue weighted by molar-refractivity contribution is 5.91. The molecule has 10 heteroatoms. The van der Waals surface area contributed by atoms with Crippen molar-refractivity contribution < 1.29 is 18.0 Å². The predicted octanol–water partition coefficient (Wildman–Crippen LogP) is 3.69. The van der Waals surface area contributed by atoms with Crippen molar-refractivity contribution in [3.05, 3.63) is 48.0 Å². The molecule has 2 heterocycles. The molecule has 0 unspecified atom stereocenters. The number of nitrogens with zero attached hydrogens (tertiary/aromatic N) is 3. The second-order valence-electron chi connectivity index (χ2n) is 7.49. The number of nitrogen functional groups attached to an aromatic ring is 1. The van der Waals surface area contributed by atoms with Crippen molar-refractivity contribution >= 4 is 40.0 Å². The number of hydrogen-bond acceptors (Lipinski definition) is 6. The first-order chi connectivity index (χ1) is 14.7. The fourth-order valence-corrected chi connectivity index (χ4v) is 3.73. The largest absolute Gasteiger partial charge is 0.416 e. The van der Waals surface area contributed by atoms with E-state index in [1.54, 1.807) is 0 Å². The van der Waals surface area contributed by atoms with E-state index in [0.717, 1.165) is 23.9 Å². The number of benzene rings is 2. The van der Waals surface area contributed by atoms with Crippen molar-refractivity contribution in [2.75, 3.05) is 29.0 Å². The maximum Gasteiger partial charge on any atom is 0.416 e. The summed E-state index contributed by atoms with van der Waals surface area (Å²) >= 11 is 0. The molecule has 4 rings (SSSR count). The normalized spacial score (nSPS) is 16.5. The smallest absolute Gasteiger partial charge is 0.399 e. The summed E-state index contributed by atoms with van der Waals surface area (Å²) in [6.45, 7) is 2.74. The highest BCUT2D eigenvalue weighted by Gasteiger charge is 2.31. The summed E-state index contributed by atoms with van der Waals surface area (Å²) in [5, 5.41) is 6.59. The molecule has 1 aliphatic heterocycles. The van der Waals surface area contributed by atoms with Gasteiger partial charge in [0, 0.05) is 42.8 Å². The molecule has 0 aliphatic carbocycles. The Balaban J connectivity index is 1.69. The van der Waals surface area contributed by atoms with E-state index < -0.39 is 11.7 Å². The first-order valence-electron chi connectivity index (χ1n) is 9.72. The first kappa shape index (κ1) is 20.7. The van der Waals surface area contributed by atoms with Crippen LogP contribution in [0.4, 0.5) is 36.3 Å². The molecule has 7 nitrogen and oxygen atoms in total. The second-order valence-corrected chi connectivity index (χ2v) is 7.49. The third-order valence-corrected chi connectivity index (χ3v) is 5.02. The van der Waals surface area contributed by atoms with Gasteiger partial charge in [-0.05, 0) is 36.8 Å². The number of rotatable bonds is 4. The van der Waals surface area contributed by atoms with E-state index in [2.05, 4.69) is 20.6 Å². The summed E-state index contributed by atoms with van der Waals surface area (Å²) in [6.07, 6.45) is -3.75. The van der Waals surface area contributed by atoms with Crippen LogP contribution in [0.15, 0.2) is 42.5 Å². The summed E-state index contributed by atoms with van der Waals surface area (Å²) < 4.78 is 39.4. The molecule has 0 bridgehead atoms. The number of carbonyl (C=O) groups excluding carboxylic acids is 1. The molecule has 2 aromatic carbocycles. The lowest BCUT2D eigenvalue weighted by Gasteiger charge is -2.20. The van der Waals surface area contributed by atoms with Crippen LogP contribution in [-0.4, -0.2) is 35.0 Å². The highest BCUT2D eigenvalue weighted by atomic mass is 19.4. The Bertz CT molecular complexity index is 1130. The summed E-state index contributed by atoms with van der Waals surface area (Å²) in [6, 6.07) is 10.7.